The average Bonchev–Trinajstić information content (AvgIpc) is 2.42. The fourth-order valence-corrected chi connectivity index (χ4v) is 2.47. The summed E-state index contributed by atoms with van der Waals surface area (Å²) >= 11 is 0. The summed E-state index contributed by atoms with van der Waals surface area (Å²) in [5.74, 6) is -0.309. The molecule has 0 bridgehead atoms. The molecule has 2 nitrogen and oxygen atoms in total. The van der Waals surface area contributed by atoms with E-state index in [2.05, 4.69) is 11.9 Å². The molecule has 3 heteroatoms. The molecule has 1 aromatic heterocycles. The van der Waals surface area contributed by atoms with E-state index < -0.39 is 5.54 Å². The fourth-order valence-electron chi connectivity index (χ4n) is 2.47. The van der Waals surface area contributed by atoms with Crippen molar-refractivity contribution in [3.63, 3.8) is 0 Å². The highest BCUT2D eigenvalue weighted by atomic mass is 19.1. The van der Waals surface area contributed by atoms with Crippen LogP contribution in [0.15, 0.2) is 18.3 Å². The van der Waals surface area contributed by atoms with Gasteiger partial charge in [0.25, 0.3) is 0 Å². The molecule has 1 atom stereocenters. The first-order chi connectivity index (χ1) is 9.56. The van der Waals surface area contributed by atoms with Crippen molar-refractivity contribution in [2.45, 2.75) is 77.2 Å². The molecule has 0 radical (unpaired) electrons. The predicted molar refractivity (Wildman–Crippen MR) is 83.0 cm³/mol. The maximum atomic E-state index is 12.9. The van der Waals surface area contributed by atoms with Gasteiger partial charge in [-0.1, -0.05) is 58.3 Å². The van der Waals surface area contributed by atoms with E-state index in [1.54, 1.807) is 6.07 Å². The molecule has 20 heavy (non-hydrogen) atoms. The number of nitrogens with zero attached hydrogens (tertiary/aromatic N) is 1. The molecule has 0 spiro atoms. The van der Waals surface area contributed by atoms with Crippen molar-refractivity contribution in [3.05, 3.63) is 29.8 Å². The van der Waals surface area contributed by atoms with Crippen LogP contribution in [0.2, 0.25) is 0 Å². The topological polar surface area (TPSA) is 38.9 Å². The molecule has 0 aromatic carbocycles. The lowest BCUT2D eigenvalue weighted by Crippen LogP contribution is -2.33. The normalized spacial score (nSPS) is 14.2. The fraction of sp³-hybridized carbons (Fsp3) is 0.706. The van der Waals surface area contributed by atoms with Crippen molar-refractivity contribution in [2.75, 3.05) is 0 Å². The summed E-state index contributed by atoms with van der Waals surface area (Å²) < 4.78 is 12.9. The van der Waals surface area contributed by atoms with Crippen LogP contribution in [0.3, 0.4) is 0 Å². The van der Waals surface area contributed by atoms with E-state index in [4.69, 9.17) is 5.73 Å². The van der Waals surface area contributed by atoms with Crippen LogP contribution in [0, 0.1) is 5.82 Å². The van der Waals surface area contributed by atoms with Crippen LogP contribution >= 0.6 is 0 Å². The van der Waals surface area contributed by atoms with E-state index >= 15 is 0 Å². The second-order valence-corrected chi connectivity index (χ2v) is 6.00. The summed E-state index contributed by atoms with van der Waals surface area (Å²) in [5, 5.41) is 0. The summed E-state index contributed by atoms with van der Waals surface area (Å²) in [6.07, 6.45) is 12.5. The van der Waals surface area contributed by atoms with Crippen LogP contribution < -0.4 is 5.73 Å². The van der Waals surface area contributed by atoms with Gasteiger partial charge in [-0.15, -0.1) is 0 Å². The number of unbranched alkanes of at least 4 members (excludes halogenated alkanes) is 7. The Morgan fingerprint density at radius 3 is 2.20 bits per heavy atom. The first-order valence-electron chi connectivity index (χ1n) is 7.97. The Morgan fingerprint density at radius 2 is 1.65 bits per heavy atom. The molecule has 0 aliphatic carbocycles. The zero-order chi connectivity index (χ0) is 14.8. The smallest absolute Gasteiger partial charge is 0.141 e. The largest absolute Gasteiger partial charge is 0.320 e. The second kappa shape index (κ2) is 9.06. The van der Waals surface area contributed by atoms with Crippen LogP contribution in [0.25, 0.3) is 0 Å². The van der Waals surface area contributed by atoms with Gasteiger partial charge in [-0.25, -0.2) is 4.39 Å². The maximum absolute atomic E-state index is 12.9. The summed E-state index contributed by atoms with van der Waals surface area (Å²) in [6, 6.07) is 3.13. The summed E-state index contributed by atoms with van der Waals surface area (Å²) in [7, 11) is 0. The third-order valence-electron chi connectivity index (χ3n) is 3.86. The van der Waals surface area contributed by atoms with E-state index in [-0.39, 0.29) is 5.82 Å². The predicted octanol–water partition coefficient (Wildman–Crippen LogP) is 4.93. The number of hydrogen-bond acceptors (Lipinski definition) is 2. The van der Waals surface area contributed by atoms with Gasteiger partial charge in [-0.3, -0.25) is 4.98 Å². The number of hydrogen-bond donors (Lipinski definition) is 1. The van der Waals surface area contributed by atoms with Crippen LogP contribution in [0.5, 0.6) is 0 Å². The highest BCUT2D eigenvalue weighted by Gasteiger charge is 2.21. The molecule has 1 unspecified atom stereocenters. The lowest BCUT2D eigenvalue weighted by Gasteiger charge is -2.23. The molecule has 2 N–H and O–H groups in total. The Bertz CT molecular complexity index is 360. The lowest BCUT2D eigenvalue weighted by molar-refractivity contribution is 0.409. The number of aromatic nitrogens is 1. The SMILES string of the molecule is CCCCCCCCCCC(C)(N)c1ccc(F)cn1. The van der Waals surface area contributed by atoms with Crippen molar-refractivity contribution in [1.82, 2.24) is 4.98 Å². The molecular formula is C17H29FN2. The van der Waals surface area contributed by atoms with Crippen molar-refractivity contribution < 1.29 is 4.39 Å². The highest BCUT2D eigenvalue weighted by molar-refractivity contribution is 5.14. The Kier molecular flexibility index (Phi) is 7.75. The Morgan fingerprint density at radius 1 is 1.05 bits per heavy atom. The Labute approximate surface area is 123 Å². The Balaban J connectivity index is 2.18. The second-order valence-electron chi connectivity index (χ2n) is 6.00. The maximum Gasteiger partial charge on any atom is 0.141 e. The van der Waals surface area contributed by atoms with Gasteiger partial charge in [0.2, 0.25) is 0 Å². The monoisotopic (exact) mass is 280 g/mol. The van der Waals surface area contributed by atoms with Gasteiger partial charge in [-0.05, 0) is 25.5 Å². The molecule has 0 aliphatic heterocycles. The molecule has 0 saturated heterocycles. The van der Waals surface area contributed by atoms with Gasteiger partial charge in [-0.2, -0.15) is 0 Å². The highest BCUT2D eigenvalue weighted by Crippen LogP contribution is 2.23. The van der Waals surface area contributed by atoms with Gasteiger partial charge < -0.3 is 5.73 Å². The van der Waals surface area contributed by atoms with Crippen LogP contribution in [-0.4, -0.2) is 4.98 Å². The van der Waals surface area contributed by atoms with Crippen molar-refractivity contribution in [3.8, 4) is 0 Å². The number of rotatable bonds is 10. The molecule has 0 fully saturated rings. The molecule has 1 rings (SSSR count). The van der Waals surface area contributed by atoms with E-state index in [0.717, 1.165) is 18.5 Å². The summed E-state index contributed by atoms with van der Waals surface area (Å²) in [4.78, 5) is 4.10. The minimum Gasteiger partial charge on any atom is -0.320 e. The first kappa shape index (κ1) is 17.1. The zero-order valence-electron chi connectivity index (χ0n) is 13.0. The molecule has 1 aromatic rings. The minimum absolute atomic E-state index is 0.309. The molecular weight excluding hydrogens is 251 g/mol. The van der Waals surface area contributed by atoms with Crippen LogP contribution in [0.4, 0.5) is 4.39 Å². The van der Waals surface area contributed by atoms with E-state index in [9.17, 15) is 4.39 Å². The number of halogens is 1. The van der Waals surface area contributed by atoms with Crippen molar-refractivity contribution in [2.24, 2.45) is 5.73 Å². The zero-order valence-corrected chi connectivity index (χ0v) is 13.0. The van der Waals surface area contributed by atoms with Crippen molar-refractivity contribution in [1.29, 1.82) is 0 Å². The summed E-state index contributed by atoms with van der Waals surface area (Å²) in [5.41, 5.74) is 6.61. The van der Waals surface area contributed by atoms with Gasteiger partial charge in [0, 0.05) is 0 Å². The Hall–Kier alpha value is -0.960. The average molecular weight is 280 g/mol. The van der Waals surface area contributed by atoms with E-state index in [1.165, 1.54) is 57.2 Å². The van der Waals surface area contributed by atoms with E-state index in [0.29, 0.717) is 0 Å². The number of pyridine rings is 1. The van der Waals surface area contributed by atoms with Gasteiger partial charge >= 0.3 is 0 Å². The molecule has 0 amide bonds. The van der Waals surface area contributed by atoms with Crippen molar-refractivity contribution >= 4 is 0 Å². The molecule has 1 heterocycles. The molecule has 0 aliphatic rings. The molecule has 114 valence electrons. The quantitative estimate of drug-likeness (QED) is 0.617. The third kappa shape index (κ3) is 6.47. The van der Waals surface area contributed by atoms with Gasteiger partial charge in [0.15, 0.2) is 0 Å². The third-order valence-corrected chi connectivity index (χ3v) is 3.86. The number of nitrogens with two attached hydrogens (primary N) is 1. The van der Waals surface area contributed by atoms with Crippen LogP contribution in [-0.2, 0) is 5.54 Å². The standard InChI is InChI=1S/C17H29FN2/c1-3-4-5-6-7-8-9-10-13-17(2,19)16-12-11-15(18)14-20-16/h11-12,14H,3-10,13,19H2,1-2H3. The van der Waals surface area contributed by atoms with Crippen LogP contribution in [0.1, 0.15) is 77.3 Å². The first-order valence-corrected chi connectivity index (χ1v) is 7.97. The lowest BCUT2D eigenvalue weighted by atomic mass is 9.91. The van der Waals surface area contributed by atoms with Gasteiger partial charge in [0.05, 0.1) is 17.4 Å². The summed E-state index contributed by atoms with van der Waals surface area (Å²) in [6.45, 7) is 4.22. The molecule has 0 saturated carbocycles. The minimum atomic E-state index is -0.449. The van der Waals surface area contributed by atoms with Gasteiger partial charge in [0.1, 0.15) is 5.82 Å². The van der Waals surface area contributed by atoms with E-state index in [1.807, 2.05) is 6.92 Å².